The molecular formula is C2H10NO5PS. The molecule has 6 nitrogen and oxygen atoms in total. The van der Waals surface area contributed by atoms with Gasteiger partial charge in [-0.25, -0.2) is 0 Å². The van der Waals surface area contributed by atoms with Crippen LogP contribution in [0, 0.1) is 0 Å². The van der Waals surface area contributed by atoms with Crippen LogP contribution in [0.15, 0.2) is 0 Å². The van der Waals surface area contributed by atoms with E-state index in [1.165, 1.54) is 0 Å². The minimum Gasteiger partial charge on any atom is -0.329 e. The molecule has 0 aliphatic carbocycles. The minimum absolute atomic E-state index is 0.0880. The van der Waals surface area contributed by atoms with Gasteiger partial charge in [0.1, 0.15) is 0 Å². The third kappa shape index (κ3) is 94.7. The molecule has 0 saturated carbocycles. The molecule has 10 heavy (non-hydrogen) atoms. The van der Waals surface area contributed by atoms with Gasteiger partial charge >= 0.3 is 10.4 Å². The first-order valence-electron chi connectivity index (χ1n) is 2.18. The average molecular weight is 191 g/mol. The summed E-state index contributed by atoms with van der Waals surface area (Å²) < 4.78 is 41.2. The number of hydrogen-bond acceptors (Lipinski definition) is 4. The van der Waals surface area contributed by atoms with E-state index in [1.807, 2.05) is 0 Å². The van der Waals surface area contributed by atoms with Crippen molar-refractivity contribution in [2.75, 3.05) is 0 Å². The van der Waals surface area contributed by atoms with Crippen molar-refractivity contribution in [1.29, 1.82) is 0 Å². The Labute approximate surface area is 60.2 Å². The lowest BCUT2D eigenvalue weighted by atomic mass is 10.8. The van der Waals surface area contributed by atoms with Crippen molar-refractivity contribution in [1.82, 2.24) is 0 Å². The van der Waals surface area contributed by atoms with E-state index in [0.29, 0.717) is 0 Å². The Balaban J connectivity index is 0. The lowest BCUT2D eigenvalue weighted by Gasteiger charge is -1.82. The van der Waals surface area contributed by atoms with Gasteiger partial charge in [-0.15, -0.1) is 0 Å². The molecule has 0 heterocycles. The second kappa shape index (κ2) is 5.82. The monoisotopic (exact) mass is 191 g/mol. The molecule has 0 rings (SSSR count). The van der Waals surface area contributed by atoms with Gasteiger partial charge in [0.2, 0.25) is 0 Å². The van der Waals surface area contributed by atoms with E-state index in [9.17, 15) is 4.57 Å². The number of nitrogens with two attached hydrogens (primary N) is 1. The van der Waals surface area contributed by atoms with E-state index >= 15 is 0 Å². The van der Waals surface area contributed by atoms with Crippen LogP contribution < -0.4 is 5.73 Å². The van der Waals surface area contributed by atoms with Gasteiger partial charge in [0.15, 0.2) is 0 Å². The first-order valence-corrected chi connectivity index (χ1v) is 4.71. The molecule has 0 aromatic rings. The molecule has 0 aliphatic rings. The average Bonchev–Trinajstić information content (AvgIpc) is 1.61. The molecule has 0 amide bonds. The number of rotatable bonds is 1. The van der Waals surface area contributed by atoms with Crippen LogP contribution in [0.2, 0.25) is 0 Å². The lowest BCUT2D eigenvalue weighted by molar-refractivity contribution is 0.381. The summed E-state index contributed by atoms with van der Waals surface area (Å²) in [6.07, 6.45) is 0. The molecule has 64 valence electrons. The molecule has 8 heteroatoms. The first-order chi connectivity index (χ1) is 4.27. The van der Waals surface area contributed by atoms with Crippen molar-refractivity contribution in [2.45, 2.75) is 12.7 Å². The van der Waals surface area contributed by atoms with E-state index in [1.54, 1.807) is 6.92 Å². The molecule has 0 radical (unpaired) electrons. The summed E-state index contributed by atoms with van der Waals surface area (Å²) in [7, 11) is -5.41. The Morgan fingerprint density at radius 2 is 1.60 bits per heavy atom. The van der Waals surface area contributed by atoms with Gasteiger partial charge < -0.3 is 10.3 Å². The molecule has 0 aromatic heterocycles. The Bertz CT molecular complexity index is 166. The Hall–Kier alpha value is 0.0600. The van der Waals surface area contributed by atoms with Crippen LogP contribution in [0.25, 0.3) is 0 Å². The van der Waals surface area contributed by atoms with Gasteiger partial charge in [0, 0.05) is 0 Å². The smallest absolute Gasteiger partial charge is 0.329 e. The predicted octanol–water partition coefficient (Wildman–Crippen LogP) is -0.605. The van der Waals surface area contributed by atoms with E-state index in [4.69, 9.17) is 23.3 Å². The van der Waals surface area contributed by atoms with Gasteiger partial charge in [-0.05, 0) is 6.92 Å². The van der Waals surface area contributed by atoms with Gasteiger partial charge in [0.25, 0.3) is 0 Å². The second-order valence-electron chi connectivity index (χ2n) is 1.44. The van der Waals surface area contributed by atoms with Crippen molar-refractivity contribution in [3.05, 3.63) is 0 Å². The maximum Gasteiger partial charge on any atom is 0.394 e. The molecule has 0 aliphatic heterocycles. The molecule has 0 fully saturated rings. The van der Waals surface area contributed by atoms with Crippen LogP contribution in [-0.4, -0.2) is 23.3 Å². The third-order valence-corrected chi connectivity index (χ3v) is 0.644. The highest BCUT2D eigenvalue weighted by molar-refractivity contribution is 7.79. The van der Waals surface area contributed by atoms with E-state index in [2.05, 4.69) is 0 Å². The zero-order valence-electron chi connectivity index (χ0n) is 5.26. The summed E-state index contributed by atoms with van der Waals surface area (Å²) in [4.78, 5) is 0. The standard InChI is InChI=1S/C2H8NOP.H2O4S/c1-2(3)5-4;1-5(2,3)4/h2H,3,5H2,1H3;(H2,1,2,3,4). The molecular weight excluding hydrogens is 181 g/mol. The maximum absolute atomic E-state index is 9.59. The molecule has 4 N–H and O–H groups in total. The zero-order valence-corrected chi connectivity index (χ0v) is 7.23. The summed E-state index contributed by atoms with van der Waals surface area (Å²) in [5, 5.41) is 0. The fourth-order valence-corrected chi connectivity index (χ4v) is 0. The Morgan fingerprint density at radius 1 is 1.50 bits per heavy atom. The van der Waals surface area contributed by atoms with Gasteiger partial charge in [-0.1, -0.05) is 0 Å². The molecule has 2 atom stereocenters. The Morgan fingerprint density at radius 3 is 1.60 bits per heavy atom. The normalized spacial score (nSPS) is 14.4. The topological polar surface area (TPSA) is 118 Å². The van der Waals surface area contributed by atoms with E-state index < -0.39 is 18.9 Å². The largest absolute Gasteiger partial charge is 0.394 e. The van der Waals surface area contributed by atoms with Crippen LogP contribution in [0.5, 0.6) is 0 Å². The number of hydrogen-bond donors (Lipinski definition) is 3. The van der Waals surface area contributed by atoms with Crippen LogP contribution in [0.4, 0.5) is 0 Å². The third-order valence-electron chi connectivity index (χ3n) is 0.215. The minimum atomic E-state index is -4.67. The summed E-state index contributed by atoms with van der Waals surface area (Å²) >= 11 is 0. The van der Waals surface area contributed by atoms with Crippen LogP contribution in [0.1, 0.15) is 6.92 Å². The molecule has 0 bridgehead atoms. The van der Waals surface area contributed by atoms with Gasteiger partial charge in [-0.3, -0.25) is 9.11 Å². The van der Waals surface area contributed by atoms with Crippen molar-refractivity contribution in [3.8, 4) is 0 Å². The fraction of sp³-hybridized carbons (Fsp3) is 1.00. The quantitative estimate of drug-likeness (QED) is 0.376. The van der Waals surface area contributed by atoms with Crippen molar-refractivity contribution in [3.63, 3.8) is 0 Å². The van der Waals surface area contributed by atoms with Crippen LogP contribution in [0.3, 0.4) is 0 Å². The highest BCUT2D eigenvalue weighted by Crippen LogP contribution is 1.92. The van der Waals surface area contributed by atoms with Crippen LogP contribution >= 0.6 is 8.46 Å². The van der Waals surface area contributed by atoms with Gasteiger partial charge in [0.05, 0.1) is 14.2 Å². The van der Waals surface area contributed by atoms with Crippen molar-refractivity contribution >= 4 is 18.9 Å². The molecule has 0 aromatic carbocycles. The first kappa shape index (κ1) is 12.7. The van der Waals surface area contributed by atoms with Crippen molar-refractivity contribution in [2.24, 2.45) is 5.73 Å². The van der Waals surface area contributed by atoms with Crippen LogP contribution in [-0.2, 0) is 15.0 Å². The molecule has 2 unspecified atom stereocenters. The van der Waals surface area contributed by atoms with E-state index in [0.717, 1.165) is 0 Å². The van der Waals surface area contributed by atoms with Gasteiger partial charge in [-0.2, -0.15) is 8.42 Å². The summed E-state index contributed by atoms with van der Waals surface area (Å²) in [6.45, 7) is 1.72. The summed E-state index contributed by atoms with van der Waals surface area (Å²) in [5.74, 6) is -0.0880. The summed E-state index contributed by atoms with van der Waals surface area (Å²) in [5.41, 5.74) is 5.02. The molecule has 0 saturated heterocycles. The summed E-state index contributed by atoms with van der Waals surface area (Å²) in [6, 6.07) is 0. The SMILES string of the molecule is CC(N)[PH2]=O.O=S(=O)(O)O. The Kier molecular flexibility index (Phi) is 7.39. The predicted molar refractivity (Wildman–Crippen MR) is 38.2 cm³/mol. The maximum atomic E-state index is 9.59. The highest BCUT2D eigenvalue weighted by atomic mass is 32.3. The zero-order chi connectivity index (χ0) is 8.78. The van der Waals surface area contributed by atoms with E-state index in [-0.39, 0.29) is 5.78 Å². The fourth-order valence-electron chi connectivity index (χ4n) is 0. The lowest BCUT2D eigenvalue weighted by Crippen LogP contribution is -2.03. The second-order valence-corrected chi connectivity index (χ2v) is 3.66. The molecule has 0 spiro atoms. The highest BCUT2D eigenvalue weighted by Gasteiger charge is 1.84. The van der Waals surface area contributed by atoms with Crippen molar-refractivity contribution < 1.29 is 22.1 Å².